The molecule has 0 aromatic heterocycles. The quantitative estimate of drug-likeness (QED) is 0.176. The Balaban J connectivity index is 0.000000582. The summed E-state index contributed by atoms with van der Waals surface area (Å²) in [6.45, 7) is 0. The molecule has 0 spiro atoms. The number of alkyl halides is 7. The van der Waals surface area contributed by atoms with Gasteiger partial charge in [-0.25, -0.2) is 4.39 Å². The van der Waals surface area contributed by atoms with E-state index in [2.05, 4.69) is 31.9 Å². The Bertz CT molecular complexity index is 929. The summed E-state index contributed by atoms with van der Waals surface area (Å²) in [6, 6.07) is 4.58. The van der Waals surface area contributed by atoms with Crippen molar-refractivity contribution in [3.05, 3.63) is 61.3 Å². The van der Waals surface area contributed by atoms with Crippen LogP contribution in [0.3, 0.4) is 0 Å². The zero-order chi connectivity index (χ0) is 25.4. The topological polar surface area (TPSA) is 0 Å². The van der Waals surface area contributed by atoms with Gasteiger partial charge in [0.25, 0.3) is 0 Å². The van der Waals surface area contributed by atoms with Gasteiger partial charge < -0.3 is 0 Å². The van der Waals surface area contributed by atoms with Crippen LogP contribution in [0, 0.1) is 5.82 Å². The summed E-state index contributed by atoms with van der Waals surface area (Å²) >= 11 is 16.0. The van der Waals surface area contributed by atoms with E-state index in [-0.39, 0.29) is 31.4 Å². The maximum absolute atomic E-state index is 13.6. The first-order valence-electron chi connectivity index (χ1n) is 9.99. The third-order valence-electron chi connectivity index (χ3n) is 4.38. The van der Waals surface area contributed by atoms with Crippen molar-refractivity contribution in [2.24, 2.45) is 0 Å². The third-order valence-corrected chi connectivity index (χ3v) is 7.38. The first-order chi connectivity index (χ1) is 15.4. The van der Waals surface area contributed by atoms with E-state index in [9.17, 15) is 30.7 Å². The summed E-state index contributed by atoms with van der Waals surface area (Å²) in [6.07, 6.45) is -6.63. The second-order valence-corrected chi connectivity index (χ2v) is 9.72. The second-order valence-electron chi connectivity index (χ2n) is 6.53. The Morgan fingerprint density at radius 1 is 0.912 bits per heavy atom. The van der Waals surface area contributed by atoms with Crippen molar-refractivity contribution in [2.45, 2.75) is 42.9 Å². The van der Waals surface area contributed by atoms with Crippen molar-refractivity contribution in [3.63, 3.8) is 0 Å². The zero-order valence-corrected chi connectivity index (χ0v) is 28.0. The molecule has 0 atom stereocenters. The van der Waals surface area contributed by atoms with Gasteiger partial charge in [0.15, 0.2) is 0 Å². The number of thioether (sulfide) groups is 1. The molecule has 0 N–H and O–H groups in total. The molecule has 0 unspecified atom stereocenters. The predicted molar refractivity (Wildman–Crippen MR) is 138 cm³/mol. The van der Waals surface area contributed by atoms with Gasteiger partial charge in [-0.3, -0.25) is 0 Å². The molecule has 2 aromatic carbocycles. The molecular formula is C20H18Br2ClF7Na2S2. The molecule has 0 aliphatic carbocycles. The molecule has 0 bridgehead atoms. The number of benzene rings is 2. The van der Waals surface area contributed by atoms with E-state index in [0.717, 1.165) is 40.8 Å². The van der Waals surface area contributed by atoms with Gasteiger partial charge in [0.1, 0.15) is 5.82 Å². The summed E-state index contributed by atoms with van der Waals surface area (Å²) in [5.41, 5.74) is -0.901. The SMILES string of the molecule is FC(F)(F)c1ccc(Br)c2c1SCCC2.Fc1c(C(F)(F)F)ccc(Br)c1CCCCl.S.[Na][Na]. The molecule has 3 rings (SSSR count). The standard InChI is InChI=1S/C10H8BrClF4.C10H8BrF3S.2Na.H2S/c11-8-4-3-7(10(14,15)16)9(13)6(8)2-1-5-12;11-8-4-3-7(10(12,13)14)9-6(8)2-1-5-15-9;;;/h3-4H,1-2,5H2;3-4H,1-2,5H2;;;1H2. The van der Waals surface area contributed by atoms with Crippen molar-refractivity contribution < 1.29 is 30.7 Å². The number of hydrogen-bond acceptors (Lipinski definition) is 1. The summed E-state index contributed by atoms with van der Waals surface area (Å²) in [5.74, 6) is -0.165. The number of rotatable bonds is 3. The van der Waals surface area contributed by atoms with Gasteiger partial charge in [0.2, 0.25) is 0 Å². The van der Waals surface area contributed by atoms with E-state index in [1.165, 1.54) is 67.5 Å². The van der Waals surface area contributed by atoms with Gasteiger partial charge in [0.05, 0.1) is 11.1 Å². The zero-order valence-electron chi connectivity index (χ0n) is 18.2. The Hall–Kier alpha value is 1.90. The van der Waals surface area contributed by atoms with Crippen LogP contribution in [-0.4, -0.2) is 55.3 Å². The number of fused-ring (bicyclic) bond motifs is 1. The Morgan fingerprint density at radius 2 is 1.44 bits per heavy atom. The molecule has 0 nitrogen and oxygen atoms in total. The van der Waals surface area contributed by atoms with Crippen molar-refractivity contribution in [1.82, 2.24) is 0 Å². The van der Waals surface area contributed by atoms with Crippen LogP contribution in [0.15, 0.2) is 38.1 Å². The molecular weight excluding hydrogens is 679 g/mol. The van der Waals surface area contributed by atoms with E-state index in [1.54, 1.807) is 0 Å². The minimum atomic E-state index is -4.67. The third kappa shape index (κ3) is 10.6. The summed E-state index contributed by atoms with van der Waals surface area (Å²) in [5, 5.41) is 0. The van der Waals surface area contributed by atoms with Crippen molar-refractivity contribution in [1.29, 1.82) is 0 Å². The van der Waals surface area contributed by atoms with Gasteiger partial charge >= 0.3 is 56.0 Å². The number of halogens is 10. The molecule has 182 valence electrons. The van der Waals surface area contributed by atoms with Crippen molar-refractivity contribution in [3.8, 4) is 0 Å². The Morgan fingerprint density at radius 3 is 1.97 bits per heavy atom. The van der Waals surface area contributed by atoms with Crippen LogP contribution in [0.25, 0.3) is 0 Å². The van der Waals surface area contributed by atoms with Crippen LogP contribution in [0.2, 0.25) is 0 Å². The molecule has 2 aromatic rings. The van der Waals surface area contributed by atoms with Gasteiger partial charge in [-0.15, -0.1) is 23.4 Å². The molecule has 0 saturated carbocycles. The van der Waals surface area contributed by atoms with Gasteiger partial charge in [-0.2, -0.15) is 39.8 Å². The van der Waals surface area contributed by atoms with E-state index in [1.807, 2.05) is 0 Å². The fourth-order valence-corrected chi connectivity index (χ4v) is 5.45. The Kier molecular flexibility index (Phi) is 17.7. The van der Waals surface area contributed by atoms with Crippen LogP contribution in [0.4, 0.5) is 30.7 Å². The molecule has 14 heteroatoms. The minimum absolute atomic E-state index is 0. The van der Waals surface area contributed by atoms with Gasteiger partial charge in [-0.05, 0) is 61.3 Å². The van der Waals surface area contributed by atoms with Gasteiger partial charge in [0, 0.05) is 25.3 Å². The fraction of sp³-hybridized carbons (Fsp3) is 0.400. The summed E-state index contributed by atoms with van der Waals surface area (Å²) < 4.78 is 89.9. The van der Waals surface area contributed by atoms with Crippen LogP contribution < -0.4 is 0 Å². The molecule has 0 fully saturated rings. The molecule has 1 aliphatic heterocycles. The average molecular weight is 697 g/mol. The molecule has 1 heterocycles. The first kappa shape index (κ1) is 35.9. The maximum atomic E-state index is 13.6. The number of hydrogen-bond donors (Lipinski definition) is 0. The molecule has 0 amide bonds. The average Bonchev–Trinajstić information content (AvgIpc) is 2.74. The van der Waals surface area contributed by atoms with Crippen molar-refractivity contribution in [2.75, 3.05) is 11.6 Å². The molecule has 0 radical (unpaired) electrons. The molecule has 0 saturated heterocycles. The summed E-state index contributed by atoms with van der Waals surface area (Å²) in [7, 11) is 0. The van der Waals surface area contributed by atoms with E-state index >= 15 is 0 Å². The van der Waals surface area contributed by atoms with E-state index in [0.29, 0.717) is 15.8 Å². The molecule has 1 aliphatic rings. The van der Waals surface area contributed by atoms with Crippen LogP contribution in [-0.2, 0) is 25.2 Å². The van der Waals surface area contributed by atoms with E-state index in [4.69, 9.17) is 11.6 Å². The summed E-state index contributed by atoms with van der Waals surface area (Å²) in [4.78, 5) is 0.406. The van der Waals surface area contributed by atoms with Crippen LogP contribution in [0.1, 0.15) is 35.1 Å². The van der Waals surface area contributed by atoms with E-state index < -0.39 is 29.3 Å². The van der Waals surface area contributed by atoms with Gasteiger partial charge in [-0.1, -0.05) is 31.9 Å². The monoisotopic (exact) mass is 694 g/mol. The van der Waals surface area contributed by atoms with Crippen molar-refractivity contribution >= 4 is 112 Å². The first-order valence-corrected chi connectivity index (χ1v) is 21.1. The normalized spacial score (nSPS) is 13.0. The fourth-order valence-electron chi connectivity index (χ4n) is 2.94. The molecule has 34 heavy (non-hydrogen) atoms. The predicted octanol–water partition coefficient (Wildman–Crippen LogP) is 8.64. The second kappa shape index (κ2) is 16.8. The Labute approximate surface area is 255 Å². The van der Waals surface area contributed by atoms with Crippen LogP contribution in [0.5, 0.6) is 0 Å². The van der Waals surface area contributed by atoms with Crippen LogP contribution >= 0.6 is 68.7 Å².